The highest BCUT2D eigenvalue weighted by atomic mass is 16.5. The summed E-state index contributed by atoms with van der Waals surface area (Å²) in [4.78, 5) is 17.6. The van der Waals surface area contributed by atoms with Crippen molar-refractivity contribution in [2.24, 2.45) is 10.9 Å². The van der Waals surface area contributed by atoms with Crippen molar-refractivity contribution in [2.45, 2.75) is 44.8 Å². The summed E-state index contributed by atoms with van der Waals surface area (Å²) < 4.78 is 5.71. The Morgan fingerprint density at radius 3 is 2.71 bits per heavy atom. The van der Waals surface area contributed by atoms with Crippen molar-refractivity contribution in [1.82, 2.24) is 15.5 Å². The Morgan fingerprint density at radius 2 is 2.14 bits per heavy atom. The van der Waals surface area contributed by atoms with E-state index >= 15 is 0 Å². The van der Waals surface area contributed by atoms with Crippen molar-refractivity contribution in [3.63, 3.8) is 0 Å². The lowest BCUT2D eigenvalue weighted by molar-refractivity contribution is -0.127. The molecule has 2 aliphatic rings. The van der Waals surface area contributed by atoms with Gasteiger partial charge in [-0.2, -0.15) is 0 Å². The lowest BCUT2D eigenvalue weighted by Gasteiger charge is -2.24. The molecule has 0 radical (unpaired) electrons. The number of likely N-dealkylation sites (N-methyl/N-ethyl adjacent to an activating group) is 1. The van der Waals surface area contributed by atoms with Crippen LogP contribution in [0.15, 0.2) is 4.99 Å². The van der Waals surface area contributed by atoms with E-state index in [1.807, 2.05) is 0 Å². The van der Waals surface area contributed by atoms with Crippen LogP contribution >= 0.6 is 0 Å². The molecule has 2 N–H and O–H groups in total. The number of amides is 1. The first-order chi connectivity index (χ1) is 10.1. The number of nitrogens with zero attached hydrogens (tertiary/aromatic N) is 2. The normalized spacial score (nSPS) is 28.9. The molecule has 0 spiro atoms. The molecule has 1 heterocycles. The summed E-state index contributed by atoms with van der Waals surface area (Å²) in [5.74, 6) is 1.43. The van der Waals surface area contributed by atoms with E-state index in [9.17, 15) is 4.79 Å². The van der Waals surface area contributed by atoms with Crippen molar-refractivity contribution in [3.8, 4) is 0 Å². The van der Waals surface area contributed by atoms with Crippen LogP contribution in [0.4, 0.5) is 0 Å². The summed E-state index contributed by atoms with van der Waals surface area (Å²) in [5, 5.41) is 6.71. The number of carbonyl (C=O) groups is 1. The van der Waals surface area contributed by atoms with E-state index in [1.54, 1.807) is 19.0 Å². The van der Waals surface area contributed by atoms with Gasteiger partial charge in [0.1, 0.15) is 6.54 Å². The van der Waals surface area contributed by atoms with Crippen LogP contribution in [0.3, 0.4) is 0 Å². The molecule has 3 atom stereocenters. The van der Waals surface area contributed by atoms with Gasteiger partial charge in [-0.05, 0) is 31.6 Å². The van der Waals surface area contributed by atoms with Crippen LogP contribution in [0, 0.1) is 5.92 Å². The number of ether oxygens (including phenoxy) is 1. The lowest BCUT2D eigenvalue weighted by Crippen LogP contribution is -2.44. The molecule has 0 aromatic heterocycles. The molecule has 0 aromatic rings. The average molecular weight is 296 g/mol. The van der Waals surface area contributed by atoms with Gasteiger partial charge in [-0.25, -0.2) is 4.99 Å². The molecule has 21 heavy (non-hydrogen) atoms. The summed E-state index contributed by atoms with van der Waals surface area (Å²) in [6, 6.07) is 0.484. The quantitative estimate of drug-likeness (QED) is 0.575. The smallest absolute Gasteiger partial charge is 0.243 e. The van der Waals surface area contributed by atoms with Gasteiger partial charge in [0.2, 0.25) is 5.91 Å². The molecule has 1 aliphatic heterocycles. The number of hydrogen-bond acceptors (Lipinski definition) is 3. The van der Waals surface area contributed by atoms with Crippen LogP contribution < -0.4 is 10.6 Å². The van der Waals surface area contributed by atoms with Gasteiger partial charge in [-0.1, -0.05) is 6.92 Å². The van der Waals surface area contributed by atoms with Crippen LogP contribution in [-0.2, 0) is 9.53 Å². The molecule has 2 fully saturated rings. The Morgan fingerprint density at radius 1 is 1.38 bits per heavy atom. The SMILES string of the molecule is CC1CC1NC(=NCC(=O)N(C)C)NCC1CCCCO1. The van der Waals surface area contributed by atoms with Gasteiger partial charge < -0.3 is 20.3 Å². The molecule has 1 amide bonds. The molecule has 6 nitrogen and oxygen atoms in total. The van der Waals surface area contributed by atoms with Crippen molar-refractivity contribution >= 4 is 11.9 Å². The van der Waals surface area contributed by atoms with Gasteiger partial charge in [0.15, 0.2) is 5.96 Å². The van der Waals surface area contributed by atoms with Crippen LogP contribution in [0.5, 0.6) is 0 Å². The molecule has 0 aromatic carbocycles. The molecule has 3 unspecified atom stereocenters. The Balaban J connectivity index is 1.82. The number of rotatable bonds is 5. The Bertz CT molecular complexity index is 378. The van der Waals surface area contributed by atoms with E-state index in [0.717, 1.165) is 32.0 Å². The third kappa shape index (κ3) is 5.53. The Labute approximate surface area is 127 Å². The summed E-state index contributed by atoms with van der Waals surface area (Å²) in [5.41, 5.74) is 0. The van der Waals surface area contributed by atoms with E-state index in [4.69, 9.17) is 4.74 Å². The van der Waals surface area contributed by atoms with Crippen LogP contribution in [-0.4, -0.2) is 62.7 Å². The Kier molecular flexibility index (Phi) is 5.85. The molecule has 1 aliphatic carbocycles. The van der Waals surface area contributed by atoms with Gasteiger partial charge in [0.25, 0.3) is 0 Å². The highest BCUT2D eigenvalue weighted by molar-refractivity contribution is 5.85. The largest absolute Gasteiger partial charge is 0.376 e. The number of guanidine groups is 1. The molecule has 6 heteroatoms. The summed E-state index contributed by atoms with van der Waals surface area (Å²) in [7, 11) is 3.49. The highest BCUT2D eigenvalue weighted by Crippen LogP contribution is 2.28. The maximum atomic E-state index is 11.7. The fourth-order valence-electron chi connectivity index (χ4n) is 2.32. The second kappa shape index (κ2) is 7.64. The van der Waals surface area contributed by atoms with Crippen molar-refractivity contribution in [3.05, 3.63) is 0 Å². The first-order valence-corrected chi connectivity index (χ1v) is 7.93. The van der Waals surface area contributed by atoms with Crippen molar-refractivity contribution < 1.29 is 9.53 Å². The monoisotopic (exact) mass is 296 g/mol. The zero-order valence-corrected chi connectivity index (χ0v) is 13.4. The first kappa shape index (κ1) is 16.1. The molecular weight excluding hydrogens is 268 g/mol. The molecule has 120 valence electrons. The van der Waals surface area contributed by atoms with Crippen LogP contribution in [0.25, 0.3) is 0 Å². The second-order valence-corrected chi connectivity index (χ2v) is 6.29. The number of carbonyl (C=O) groups excluding carboxylic acids is 1. The maximum Gasteiger partial charge on any atom is 0.243 e. The lowest BCUT2D eigenvalue weighted by atomic mass is 10.1. The molecule has 1 saturated carbocycles. The zero-order chi connectivity index (χ0) is 15.2. The van der Waals surface area contributed by atoms with Gasteiger partial charge in [0, 0.05) is 33.3 Å². The predicted molar refractivity (Wildman–Crippen MR) is 83.3 cm³/mol. The fourth-order valence-corrected chi connectivity index (χ4v) is 2.32. The summed E-state index contributed by atoms with van der Waals surface area (Å²) in [6.45, 7) is 3.99. The minimum Gasteiger partial charge on any atom is -0.376 e. The Hall–Kier alpha value is -1.30. The minimum absolute atomic E-state index is 0.00821. The maximum absolute atomic E-state index is 11.7. The first-order valence-electron chi connectivity index (χ1n) is 7.93. The van der Waals surface area contributed by atoms with Gasteiger partial charge in [0.05, 0.1) is 6.10 Å². The van der Waals surface area contributed by atoms with E-state index in [-0.39, 0.29) is 18.6 Å². The van der Waals surface area contributed by atoms with Gasteiger partial charge >= 0.3 is 0 Å². The average Bonchev–Trinajstić information content (AvgIpc) is 3.17. The van der Waals surface area contributed by atoms with E-state index < -0.39 is 0 Å². The number of hydrogen-bond donors (Lipinski definition) is 2. The minimum atomic E-state index is 0.00821. The zero-order valence-electron chi connectivity index (χ0n) is 13.4. The topological polar surface area (TPSA) is 66.0 Å². The molecule has 2 rings (SSSR count). The highest BCUT2D eigenvalue weighted by Gasteiger charge is 2.33. The number of nitrogens with one attached hydrogen (secondary N) is 2. The third-order valence-electron chi connectivity index (χ3n) is 4.07. The molecular formula is C15H28N4O2. The van der Waals surface area contributed by atoms with E-state index in [2.05, 4.69) is 22.5 Å². The van der Waals surface area contributed by atoms with Crippen molar-refractivity contribution in [2.75, 3.05) is 33.8 Å². The summed E-state index contributed by atoms with van der Waals surface area (Å²) >= 11 is 0. The van der Waals surface area contributed by atoms with Crippen molar-refractivity contribution in [1.29, 1.82) is 0 Å². The number of aliphatic imine (C=N–C) groups is 1. The van der Waals surface area contributed by atoms with Gasteiger partial charge in [-0.3, -0.25) is 4.79 Å². The third-order valence-corrected chi connectivity index (χ3v) is 4.07. The van der Waals surface area contributed by atoms with E-state index in [1.165, 1.54) is 12.8 Å². The second-order valence-electron chi connectivity index (χ2n) is 6.29. The fraction of sp³-hybridized carbons (Fsp3) is 0.867. The molecule has 1 saturated heterocycles. The predicted octanol–water partition coefficient (Wildman–Crippen LogP) is 0.587. The molecule has 0 bridgehead atoms. The van der Waals surface area contributed by atoms with E-state index in [0.29, 0.717) is 12.0 Å². The van der Waals surface area contributed by atoms with Crippen LogP contribution in [0.1, 0.15) is 32.6 Å². The van der Waals surface area contributed by atoms with Gasteiger partial charge in [-0.15, -0.1) is 0 Å². The van der Waals surface area contributed by atoms with Crippen LogP contribution in [0.2, 0.25) is 0 Å². The standard InChI is InChI=1S/C15H28N4O2/c1-11-8-13(11)18-15(17-10-14(20)19(2)3)16-9-12-6-4-5-7-21-12/h11-13H,4-10H2,1-3H3,(H2,16,17,18). The summed E-state index contributed by atoms with van der Waals surface area (Å²) in [6.07, 6.45) is 4.91.